The van der Waals surface area contributed by atoms with E-state index in [0.29, 0.717) is 18.4 Å². The number of benzene rings is 3. The van der Waals surface area contributed by atoms with Crippen LogP contribution < -0.4 is 4.74 Å². The lowest BCUT2D eigenvalue weighted by Gasteiger charge is -2.64. The van der Waals surface area contributed by atoms with Crippen molar-refractivity contribution in [3.05, 3.63) is 107 Å². The van der Waals surface area contributed by atoms with E-state index in [0.717, 1.165) is 55.8 Å². The third-order valence-electron chi connectivity index (χ3n) is 10.4. The van der Waals surface area contributed by atoms with E-state index in [2.05, 4.69) is 35.2 Å². The van der Waals surface area contributed by atoms with Crippen LogP contribution in [0.4, 0.5) is 13.2 Å². The van der Waals surface area contributed by atoms with Crippen LogP contribution in [0.3, 0.4) is 0 Å². The molecule has 3 aromatic rings. The zero-order valence-corrected chi connectivity index (χ0v) is 24.1. The topological polar surface area (TPSA) is 53.0 Å². The Morgan fingerprint density at radius 3 is 2.67 bits per heavy atom. The number of ether oxygens (including phenoxy) is 1. The first-order chi connectivity index (χ1) is 20.6. The highest BCUT2D eigenvalue weighted by molar-refractivity contribution is 5.92. The molecule has 4 aliphatic rings. The minimum Gasteiger partial charge on any atom is -0.487 e. The molecule has 1 N–H and O–H groups in total. The van der Waals surface area contributed by atoms with E-state index in [1.54, 1.807) is 18.0 Å². The Hall–Kier alpha value is -3.62. The predicted octanol–water partition coefficient (Wildman–Crippen LogP) is 5.64. The first kappa shape index (κ1) is 28.2. The molecule has 43 heavy (non-hydrogen) atoms. The summed E-state index contributed by atoms with van der Waals surface area (Å²) in [6.07, 6.45) is 1.37. The van der Waals surface area contributed by atoms with Crippen LogP contribution in [0.2, 0.25) is 0 Å². The molecule has 2 aliphatic heterocycles. The zero-order valence-electron chi connectivity index (χ0n) is 24.1. The lowest BCUT2D eigenvalue weighted by atomic mass is 9.48. The molecular weight excluding hydrogens is 553 g/mol. The summed E-state index contributed by atoms with van der Waals surface area (Å²) in [5.41, 5.74) is 1.51. The van der Waals surface area contributed by atoms with Crippen LogP contribution in [0.5, 0.6) is 5.75 Å². The van der Waals surface area contributed by atoms with Crippen molar-refractivity contribution in [3.63, 3.8) is 0 Å². The number of aliphatic hydroxyl groups is 1. The maximum atomic E-state index is 13.4. The van der Waals surface area contributed by atoms with E-state index in [1.807, 2.05) is 18.2 Å². The van der Waals surface area contributed by atoms with E-state index in [4.69, 9.17) is 4.74 Å². The maximum absolute atomic E-state index is 13.4. The normalized spacial score (nSPS) is 29.3. The monoisotopic (exact) mass is 588 g/mol. The van der Waals surface area contributed by atoms with Gasteiger partial charge in [0, 0.05) is 31.3 Å². The van der Waals surface area contributed by atoms with Crippen LogP contribution >= 0.6 is 0 Å². The SMILES string of the molecule is CN(C(=O)C=Cc1cccc(C(F)(F)F)c1)[C@@H]1CC[C@@]2(O)[C@H]3Cc4cccc5c4[C@@]2(CCN3CCc2ccccc2)[C@H]1O5. The highest BCUT2D eigenvalue weighted by Crippen LogP contribution is 2.64. The van der Waals surface area contributed by atoms with Gasteiger partial charge in [0.15, 0.2) is 0 Å². The third kappa shape index (κ3) is 4.41. The number of hydrogen-bond acceptors (Lipinski definition) is 4. The molecule has 5 nitrogen and oxygen atoms in total. The standard InChI is InChI=1S/C35H35F3N2O3/c1-39(30(41)14-13-24-9-5-11-26(21-24)35(36,37)38)27-15-17-34(42)29-22-25-10-6-12-28-31(25)33(34,32(27)43-28)18-20-40(29)19-16-23-7-3-2-4-8-23/h2-14,21,27,29,32,42H,15-20,22H2,1H3/t27-,29-,32+,33+,34-/m1/s1. The Bertz CT molecular complexity index is 1570. The van der Waals surface area contributed by atoms with Gasteiger partial charge in [-0.15, -0.1) is 0 Å². The van der Waals surface area contributed by atoms with E-state index < -0.39 is 28.9 Å². The van der Waals surface area contributed by atoms with Crippen molar-refractivity contribution < 1.29 is 27.8 Å². The van der Waals surface area contributed by atoms with Gasteiger partial charge in [0.2, 0.25) is 5.91 Å². The van der Waals surface area contributed by atoms with Crippen LogP contribution in [0, 0.1) is 0 Å². The van der Waals surface area contributed by atoms with Gasteiger partial charge in [-0.3, -0.25) is 9.69 Å². The molecule has 2 aliphatic carbocycles. The molecule has 1 saturated heterocycles. The average Bonchev–Trinajstić information content (AvgIpc) is 3.34. The van der Waals surface area contributed by atoms with Crippen molar-refractivity contribution in [2.45, 2.75) is 67.5 Å². The number of likely N-dealkylation sites (tertiary alicyclic amines) is 1. The number of halogens is 3. The van der Waals surface area contributed by atoms with Crippen LogP contribution in [0.25, 0.3) is 6.08 Å². The number of carbonyl (C=O) groups is 1. The molecule has 3 aromatic carbocycles. The number of piperidine rings is 1. The zero-order chi connectivity index (χ0) is 30.0. The second-order valence-corrected chi connectivity index (χ2v) is 12.5. The van der Waals surface area contributed by atoms with E-state index in [-0.39, 0.29) is 18.0 Å². The van der Waals surface area contributed by atoms with Gasteiger partial charge in [-0.1, -0.05) is 54.6 Å². The number of rotatable bonds is 6. The molecular formula is C35H35F3N2O3. The lowest BCUT2D eigenvalue weighted by molar-refractivity contribution is -0.199. The van der Waals surface area contributed by atoms with Crippen LogP contribution in [-0.2, 0) is 29.2 Å². The first-order valence-corrected chi connectivity index (χ1v) is 15.0. The number of alkyl halides is 3. The second-order valence-electron chi connectivity index (χ2n) is 12.5. The number of amides is 1. The predicted molar refractivity (Wildman–Crippen MR) is 158 cm³/mol. The third-order valence-corrected chi connectivity index (χ3v) is 10.4. The molecule has 0 unspecified atom stereocenters. The minimum atomic E-state index is -4.45. The molecule has 2 heterocycles. The first-order valence-electron chi connectivity index (χ1n) is 15.0. The molecule has 1 amide bonds. The van der Waals surface area contributed by atoms with E-state index in [9.17, 15) is 23.1 Å². The second kappa shape index (κ2) is 10.2. The fourth-order valence-corrected chi connectivity index (χ4v) is 8.42. The maximum Gasteiger partial charge on any atom is 0.416 e. The molecule has 5 atom stereocenters. The fourth-order valence-electron chi connectivity index (χ4n) is 8.42. The average molecular weight is 589 g/mol. The molecule has 2 fully saturated rings. The molecule has 0 aromatic heterocycles. The van der Waals surface area contributed by atoms with Gasteiger partial charge in [0.05, 0.1) is 22.6 Å². The van der Waals surface area contributed by atoms with Gasteiger partial charge >= 0.3 is 6.18 Å². The van der Waals surface area contributed by atoms with Crippen molar-refractivity contribution in [3.8, 4) is 5.75 Å². The van der Waals surface area contributed by atoms with E-state index in [1.165, 1.54) is 29.3 Å². The molecule has 1 saturated carbocycles. The molecule has 2 bridgehead atoms. The Balaban J connectivity index is 1.17. The van der Waals surface area contributed by atoms with Crippen LogP contribution in [0.1, 0.15) is 47.1 Å². The molecule has 7 rings (SSSR count). The van der Waals surface area contributed by atoms with Crippen molar-refractivity contribution in [1.29, 1.82) is 0 Å². The summed E-state index contributed by atoms with van der Waals surface area (Å²) in [6, 6.07) is 21.1. The molecule has 0 radical (unpaired) electrons. The Labute approximate surface area is 249 Å². The van der Waals surface area contributed by atoms with Gasteiger partial charge < -0.3 is 14.7 Å². The van der Waals surface area contributed by atoms with Gasteiger partial charge in [-0.05, 0) is 79.6 Å². The Morgan fingerprint density at radius 1 is 1.09 bits per heavy atom. The van der Waals surface area contributed by atoms with Crippen molar-refractivity contribution in [1.82, 2.24) is 9.80 Å². The van der Waals surface area contributed by atoms with Gasteiger partial charge in [-0.25, -0.2) is 0 Å². The van der Waals surface area contributed by atoms with Gasteiger partial charge in [0.1, 0.15) is 11.9 Å². The molecule has 8 heteroatoms. The highest BCUT2D eigenvalue weighted by atomic mass is 19.4. The summed E-state index contributed by atoms with van der Waals surface area (Å²) in [5, 5.41) is 12.7. The number of likely N-dealkylation sites (N-methyl/N-ethyl adjacent to an activating group) is 1. The summed E-state index contributed by atoms with van der Waals surface area (Å²) in [5.74, 6) is 0.487. The molecule has 1 spiro atoms. The quantitative estimate of drug-likeness (QED) is 0.379. The Morgan fingerprint density at radius 2 is 1.88 bits per heavy atom. The van der Waals surface area contributed by atoms with Crippen molar-refractivity contribution in [2.24, 2.45) is 0 Å². The van der Waals surface area contributed by atoms with Crippen LogP contribution in [0.15, 0.2) is 78.9 Å². The van der Waals surface area contributed by atoms with Crippen molar-refractivity contribution in [2.75, 3.05) is 20.1 Å². The smallest absolute Gasteiger partial charge is 0.416 e. The van der Waals surface area contributed by atoms with Gasteiger partial charge in [0.25, 0.3) is 0 Å². The highest BCUT2D eigenvalue weighted by Gasteiger charge is 2.72. The summed E-state index contributed by atoms with van der Waals surface area (Å²) in [6.45, 7) is 1.68. The number of carbonyl (C=O) groups excluding carboxylic acids is 1. The Kier molecular flexibility index (Phi) is 6.71. The number of hydrogen-bond donors (Lipinski definition) is 1. The largest absolute Gasteiger partial charge is 0.487 e. The van der Waals surface area contributed by atoms with E-state index >= 15 is 0 Å². The van der Waals surface area contributed by atoms with Crippen LogP contribution in [-0.4, -0.2) is 64.7 Å². The minimum absolute atomic E-state index is 0.0559. The molecule has 224 valence electrons. The van der Waals surface area contributed by atoms with Crippen molar-refractivity contribution >= 4 is 12.0 Å². The van der Waals surface area contributed by atoms with Gasteiger partial charge in [-0.2, -0.15) is 13.2 Å². The number of nitrogens with zero attached hydrogens (tertiary/aromatic N) is 2. The fraction of sp³-hybridized carbons (Fsp3) is 0.400. The summed E-state index contributed by atoms with van der Waals surface area (Å²) >= 11 is 0. The lowest BCUT2D eigenvalue weighted by Crippen LogP contribution is -2.78. The summed E-state index contributed by atoms with van der Waals surface area (Å²) in [4.78, 5) is 17.5. The summed E-state index contributed by atoms with van der Waals surface area (Å²) < 4.78 is 46.2. The summed E-state index contributed by atoms with van der Waals surface area (Å²) in [7, 11) is 1.73.